The standard InChI is InChI=1S/C13H17FO2/c14-12-3-1-2-11(9-12)13(15)8-10-4-6-16-7-5-10/h1-3,9-10,13,15H,4-8H2. The summed E-state index contributed by atoms with van der Waals surface area (Å²) in [5.74, 6) is 0.204. The summed E-state index contributed by atoms with van der Waals surface area (Å²) in [4.78, 5) is 0. The van der Waals surface area contributed by atoms with Gasteiger partial charge in [0.05, 0.1) is 6.10 Å². The van der Waals surface area contributed by atoms with Gasteiger partial charge in [-0.3, -0.25) is 0 Å². The van der Waals surface area contributed by atoms with Crippen LogP contribution < -0.4 is 0 Å². The summed E-state index contributed by atoms with van der Waals surface area (Å²) >= 11 is 0. The van der Waals surface area contributed by atoms with E-state index in [0.717, 1.165) is 26.1 Å². The number of rotatable bonds is 3. The summed E-state index contributed by atoms with van der Waals surface area (Å²) in [6, 6.07) is 6.21. The maximum absolute atomic E-state index is 13.0. The number of halogens is 1. The highest BCUT2D eigenvalue weighted by atomic mass is 19.1. The Bertz CT molecular complexity index is 334. The average molecular weight is 224 g/mol. The van der Waals surface area contributed by atoms with Crippen molar-refractivity contribution in [1.29, 1.82) is 0 Å². The summed E-state index contributed by atoms with van der Waals surface area (Å²) in [7, 11) is 0. The Hall–Kier alpha value is -0.930. The summed E-state index contributed by atoms with van der Waals surface area (Å²) in [6.07, 6.45) is 2.13. The molecule has 1 saturated heterocycles. The molecule has 0 bridgehead atoms. The number of aliphatic hydroxyl groups excluding tert-OH is 1. The molecule has 0 radical (unpaired) electrons. The largest absolute Gasteiger partial charge is 0.388 e. The fourth-order valence-electron chi connectivity index (χ4n) is 2.15. The third-order valence-electron chi connectivity index (χ3n) is 3.13. The van der Waals surface area contributed by atoms with Crippen molar-refractivity contribution in [2.24, 2.45) is 5.92 Å². The van der Waals surface area contributed by atoms with Crippen molar-refractivity contribution in [3.63, 3.8) is 0 Å². The van der Waals surface area contributed by atoms with Gasteiger partial charge in [0.15, 0.2) is 0 Å². The molecule has 1 heterocycles. The first-order chi connectivity index (χ1) is 7.75. The summed E-state index contributed by atoms with van der Waals surface area (Å²) < 4.78 is 18.2. The Morgan fingerprint density at radius 2 is 2.12 bits per heavy atom. The molecule has 1 fully saturated rings. The Labute approximate surface area is 95.1 Å². The second-order valence-electron chi connectivity index (χ2n) is 4.36. The van der Waals surface area contributed by atoms with Crippen molar-refractivity contribution in [3.8, 4) is 0 Å². The van der Waals surface area contributed by atoms with E-state index in [1.165, 1.54) is 12.1 Å². The zero-order chi connectivity index (χ0) is 11.4. The van der Waals surface area contributed by atoms with Gasteiger partial charge in [-0.1, -0.05) is 12.1 Å². The Kier molecular flexibility index (Phi) is 3.91. The number of hydrogen-bond donors (Lipinski definition) is 1. The summed E-state index contributed by atoms with van der Waals surface area (Å²) in [6.45, 7) is 1.56. The molecule has 1 aromatic rings. The molecule has 0 aromatic heterocycles. The van der Waals surface area contributed by atoms with E-state index in [0.29, 0.717) is 17.9 Å². The second kappa shape index (κ2) is 5.41. The van der Waals surface area contributed by atoms with Gasteiger partial charge in [0, 0.05) is 13.2 Å². The molecule has 2 rings (SSSR count). The number of ether oxygens (including phenoxy) is 1. The summed E-state index contributed by atoms with van der Waals surface area (Å²) in [5.41, 5.74) is 0.673. The lowest BCUT2D eigenvalue weighted by molar-refractivity contribution is 0.0434. The highest BCUT2D eigenvalue weighted by Crippen LogP contribution is 2.27. The van der Waals surface area contributed by atoms with Crippen molar-refractivity contribution in [1.82, 2.24) is 0 Å². The lowest BCUT2D eigenvalue weighted by Crippen LogP contribution is -2.18. The minimum absolute atomic E-state index is 0.288. The molecule has 0 amide bonds. The maximum Gasteiger partial charge on any atom is 0.123 e. The third-order valence-corrected chi connectivity index (χ3v) is 3.13. The fourth-order valence-corrected chi connectivity index (χ4v) is 2.15. The molecule has 16 heavy (non-hydrogen) atoms. The van der Waals surface area contributed by atoms with E-state index in [2.05, 4.69) is 0 Å². The predicted molar refractivity (Wildman–Crippen MR) is 59.5 cm³/mol. The zero-order valence-corrected chi connectivity index (χ0v) is 9.23. The molecule has 1 N–H and O–H groups in total. The molecule has 1 unspecified atom stereocenters. The molecular weight excluding hydrogens is 207 g/mol. The van der Waals surface area contributed by atoms with Crippen molar-refractivity contribution < 1.29 is 14.2 Å². The normalized spacial score (nSPS) is 19.6. The first-order valence-electron chi connectivity index (χ1n) is 5.77. The predicted octanol–water partition coefficient (Wildman–Crippen LogP) is 2.68. The molecule has 3 heteroatoms. The second-order valence-corrected chi connectivity index (χ2v) is 4.36. The molecule has 88 valence electrons. The van der Waals surface area contributed by atoms with Crippen LogP contribution in [0.15, 0.2) is 24.3 Å². The number of hydrogen-bond acceptors (Lipinski definition) is 2. The van der Waals surface area contributed by atoms with E-state index in [4.69, 9.17) is 4.74 Å². The van der Waals surface area contributed by atoms with Crippen LogP contribution in [-0.4, -0.2) is 18.3 Å². The van der Waals surface area contributed by atoms with Gasteiger partial charge in [-0.25, -0.2) is 4.39 Å². The van der Waals surface area contributed by atoms with E-state index in [-0.39, 0.29) is 5.82 Å². The molecule has 1 atom stereocenters. The smallest absolute Gasteiger partial charge is 0.123 e. The van der Waals surface area contributed by atoms with Gasteiger partial charge in [-0.2, -0.15) is 0 Å². The van der Waals surface area contributed by atoms with Crippen LogP contribution in [0.3, 0.4) is 0 Å². The SMILES string of the molecule is OC(CC1CCOCC1)c1cccc(F)c1. The molecule has 0 spiro atoms. The summed E-state index contributed by atoms with van der Waals surface area (Å²) in [5, 5.41) is 9.99. The first-order valence-corrected chi connectivity index (χ1v) is 5.77. The Morgan fingerprint density at radius 1 is 1.38 bits per heavy atom. The van der Waals surface area contributed by atoms with E-state index in [1.54, 1.807) is 12.1 Å². The number of benzene rings is 1. The van der Waals surface area contributed by atoms with Crippen LogP contribution in [-0.2, 0) is 4.74 Å². The van der Waals surface area contributed by atoms with Crippen LogP contribution in [0.25, 0.3) is 0 Å². The van der Waals surface area contributed by atoms with Gasteiger partial charge < -0.3 is 9.84 Å². The minimum atomic E-state index is -0.557. The monoisotopic (exact) mass is 224 g/mol. The molecule has 1 aliphatic rings. The lowest BCUT2D eigenvalue weighted by Gasteiger charge is -2.24. The van der Waals surface area contributed by atoms with Crippen LogP contribution in [0.4, 0.5) is 4.39 Å². The highest BCUT2D eigenvalue weighted by molar-refractivity contribution is 5.18. The van der Waals surface area contributed by atoms with Gasteiger partial charge >= 0.3 is 0 Å². The highest BCUT2D eigenvalue weighted by Gasteiger charge is 2.18. The van der Waals surface area contributed by atoms with Crippen molar-refractivity contribution in [2.45, 2.75) is 25.4 Å². The number of aliphatic hydroxyl groups is 1. The van der Waals surface area contributed by atoms with E-state index < -0.39 is 6.10 Å². The van der Waals surface area contributed by atoms with Crippen LogP contribution >= 0.6 is 0 Å². The van der Waals surface area contributed by atoms with Gasteiger partial charge in [-0.15, -0.1) is 0 Å². The topological polar surface area (TPSA) is 29.5 Å². The van der Waals surface area contributed by atoms with Gasteiger partial charge in [0.2, 0.25) is 0 Å². The van der Waals surface area contributed by atoms with Crippen molar-refractivity contribution in [2.75, 3.05) is 13.2 Å². The van der Waals surface area contributed by atoms with E-state index in [1.807, 2.05) is 0 Å². The van der Waals surface area contributed by atoms with Crippen LogP contribution in [0.2, 0.25) is 0 Å². The van der Waals surface area contributed by atoms with Gasteiger partial charge in [-0.05, 0) is 42.9 Å². The molecule has 0 aliphatic carbocycles. The maximum atomic E-state index is 13.0. The zero-order valence-electron chi connectivity index (χ0n) is 9.23. The lowest BCUT2D eigenvalue weighted by atomic mass is 9.91. The quantitative estimate of drug-likeness (QED) is 0.855. The van der Waals surface area contributed by atoms with Crippen molar-refractivity contribution in [3.05, 3.63) is 35.6 Å². The van der Waals surface area contributed by atoms with Crippen LogP contribution in [0.1, 0.15) is 30.9 Å². The van der Waals surface area contributed by atoms with Gasteiger partial charge in [0.25, 0.3) is 0 Å². The molecule has 1 aliphatic heterocycles. The third kappa shape index (κ3) is 3.03. The van der Waals surface area contributed by atoms with E-state index >= 15 is 0 Å². The Morgan fingerprint density at radius 3 is 2.81 bits per heavy atom. The Balaban J connectivity index is 1.94. The minimum Gasteiger partial charge on any atom is -0.388 e. The van der Waals surface area contributed by atoms with E-state index in [9.17, 15) is 9.50 Å². The van der Waals surface area contributed by atoms with Crippen LogP contribution in [0, 0.1) is 11.7 Å². The molecule has 0 saturated carbocycles. The van der Waals surface area contributed by atoms with Crippen molar-refractivity contribution >= 4 is 0 Å². The van der Waals surface area contributed by atoms with Gasteiger partial charge in [0.1, 0.15) is 5.82 Å². The van der Waals surface area contributed by atoms with Crippen LogP contribution in [0.5, 0.6) is 0 Å². The first kappa shape index (κ1) is 11.6. The fraction of sp³-hybridized carbons (Fsp3) is 0.538. The molecule has 1 aromatic carbocycles. The average Bonchev–Trinajstić information content (AvgIpc) is 2.30. The molecule has 2 nitrogen and oxygen atoms in total. The molecular formula is C13H17FO2.